The number of phenols is 1. The van der Waals surface area contributed by atoms with Crippen LogP contribution in [0.3, 0.4) is 0 Å². The van der Waals surface area contributed by atoms with Crippen molar-refractivity contribution in [1.82, 2.24) is 4.90 Å². The first-order valence-electron chi connectivity index (χ1n) is 10.9. The summed E-state index contributed by atoms with van der Waals surface area (Å²) in [6.07, 6.45) is 0. The fraction of sp³-hybridized carbons (Fsp3) is 0.222. The number of rotatable bonds is 9. The van der Waals surface area contributed by atoms with Crippen LogP contribution in [0.15, 0.2) is 72.8 Å². The third kappa shape index (κ3) is 4.69. The molecule has 4 rings (SSSR count). The van der Waals surface area contributed by atoms with Crippen LogP contribution in [-0.4, -0.2) is 42.0 Å². The molecule has 1 N–H and O–H groups in total. The van der Waals surface area contributed by atoms with Crippen molar-refractivity contribution < 1.29 is 14.6 Å². The van der Waals surface area contributed by atoms with Gasteiger partial charge in [0, 0.05) is 32.6 Å². The second-order valence-corrected chi connectivity index (χ2v) is 8.63. The normalized spacial score (nSPS) is 11.2. The zero-order chi connectivity index (χ0) is 22.5. The van der Waals surface area contributed by atoms with Crippen molar-refractivity contribution in [3.8, 4) is 21.9 Å². The van der Waals surface area contributed by atoms with Crippen LogP contribution in [-0.2, 0) is 0 Å². The van der Waals surface area contributed by atoms with E-state index in [2.05, 4.69) is 18.7 Å². The van der Waals surface area contributed by atoms with Crippen molar-refractivity contribution in [3.63, 3.8) is 0 Å². The Hall–Kier alpha value is -3.15. The van der Waals surface area contributed by atoms with Crippen LogP contribution >= 0.6 is 11.3 Å². The lowest BCUT2D eigenvalue weighted by molar-refractivity contribution is 0.104. The molecule has 0 amide bonds. The van der Waals surface area contributed by atoms with Crippen LogP contribution in [0, 0.1) is 0 Å². The van der Waals surface area contributed by atoms with Gasteiger partial charge in [-0.3, -0.25) is 4.79 Å². The van der Waals surface area contributed by atoms with Gasteiger partial charge < -0.3 is 14.7 Å². The van der Waals surface area contributed by atoms with Crippen molar-refractivity contribution in [2.24, 2.45) is 0 Å². The molecule has 0 aliphatic rings. The second kappa shape index (κ2) is 9.98. The van der Waals surface area contributed by atoms with E-state index in [1.165, 1.54) is 0 Å². The molecule has 0 fully saturated rings. The van der Waals surface area contributed by atoms with E-state index in [0.29, 0.717) is 17.7 Å². The molecular weight excluding hydrogens is 418 g/mol. The molecule has 0 atom stereocenters. The molecule has 0 unspecified atom stereocenters. The summed E-state index contributed by atoms with van der Waals surface area (Å²) >= 11 is 1.60. The second-order valence-electron chi connectivity index (χ2n) is 7.58. The Morgan fingerprint density at radius 2 is 1.62 bits per heavy atom. The molecule has 1 heterocycles. The summed E-state index contributed by atoms with van der Waals surface area (Å²) in [5.41, 5.74) is 2.25. The SMILES string of the molecule is CCN(CC)CCOc1ccc(C(=O)c2c(-c3ccc(O)cc3)sc3ccccc23)cc1. The van der Waals surface area contributed by atoms with Crippen LogP contribution in [0.5, 0.6) is 11.5 Å². The summed E-state index contributed by atoms with van der Waals surface area (Å²) < 4.78 is 6.93. The molecule has 0 aliphatic heterocycles. The summed E-state index contributed by atoms with van der Waals surface area (Å²) in [5.74, 6) is 0.960. The number of phenolic OH excluding ortho intramolecular Hbond substituents is 1. The third-order valence-electron chi connectivity index (χ3n) is 5.64. The van der Waals surface area contributed by atoms with Crippen LogP contribution in [0.2, 0.25) is 0 Å². The van der Waals surface area contributed by atoms with Crippen molar-refractivity contribution in [3.05, 3.63) is 83.9 Å². The number of thiophene rings is 1. The smallest absolute Gasteiger partial charge is 0.195 e. The predicted octanol–water partition coefficient (Wildman–Crippen LogP) is 6.23. The summed E-state index contributed by atoms with van der Waals surface area (Å²) in [7, 11) is 0. The number of ketones is 1. The lowest BCUT2D eigenvalue weighted by Gasteiger charge is -2.18. The first-order valence-corrected chi connectivity index (χ1v) is 11.7. The molecule has 4 aromatic rings. The van der Waals surface area contributed by atoms with E-state index < -0.39 is 0 Å². The zero-order valence-electron chi connectivity index (χ0n) is 18.4. The largest absolute Gasteiger partial charge is 0.508 e. The van der Waals surface area contributed by atoms with Gasteiger partial charge in [-0.2, -0.15) is 0 Å². The van der Waals surface area contributed by atoms with Gasteiger partial charge in [-0.1, -0.05) is 32.0 Å². The molecule has 0 aliphatic carbocycles. The molecule has 0 saturated carbocycles. The monoisotopic (exact) mass is 445 g/mol. The van der Waals surface area contributed by atoms with Crippen molar-refractivity contribution >= 4 is 27.2 Å². The highest BCUT2D eigenvalue weighted by atomic mass is 32.1. The van der Waals surface area contributed by atoms with Gasteiger partial charge in [0.15, 0.2) is 5.78 Å². The lowest BCUT2D eigenvalue weighted by atomic mass is 9.97. The van der Waals surface area contributed by atoms with E-state index >= 15 is 0 Å². The predicted molar refractivity (Wildman–Crippen MR) is 132 cm³/mol. The van der Waals surface area contributed by atoms with E-state index in [4.69, 9.17) is 4.74 Å². The highest BCUT2D eigenvalue weighted by Crippen LogP contribution is 2.40. The van der Waals surface area contributed by atoms with Crippen LogP contribution in [0.1, 0.15) is 29.8 Å². The van der Waals surface area contributed by atoms with Gasteiger partial charge in [-0.25, -0.2) is 0 Å². The van der Waals surface area contributed by atoms with Crippen LogP contribution < -0.4 is 4.74 Å². The van der Waals surface area contributed by atoms with Gasteiger partial charge in [-0.15, -0.1) is 11.3 Å². The van der Waals surface area contributed by atoms with E-state index in [9.17, 15) is 9.90 Å². The topological polar surface area (TPSA) is 49.8 Å². The highest BCUT2D eigenvalue weighted by Gasteiger charge is 2.21. The van der Waals surface area contributed by atoms with Gasteiger partial charge in [0.25, 0.3) is 0 Å². The van der Waals surface area contributed by atoms with E-state index in [0.717, 1.165) is 45.9 Å². The summed E-state index contributed by atoms with van der Waals surface area (Å²) in [6.45, 7) is 7.80. The maximum absolute atomic E-state index is 13.6. The Bertz CT molecular complexity index is 1190. The Kier molecular flexibility index (Phi) is 6.88. The van der Waals surface area contributed by atoms with E-state index in [1.807, 2.05) is 60.7 Å². The average molecular weight is 446 g/mol. The average Bonchev–Trinajstić information content (AvgIpc) is 3.22. The number of carbonyl (C=O) groups is 1. The maximum atomic E-state index is 13.6. The first kappa shape index (κ1) is 22.1. The Morgan fingerprint density at radius 1 is 0.938 bits per heavy atom. The zero-order valence-corrected chi connectivity index (χ0v) is 19.2. The molecule has 0 spiro atoms. The fourth-order valence-electron chi connectivity index (χ4n) is 3.77. The number of aromatic hydroxyl groups is 1. The third-order valence-corrected chi connectivity index (χ3v) is 6.86. The number of benzene rings is 3. The van der Waals surface area contributed by atoms with Crippen molar-refractivity contribution in [1.29, 1.82) is 0 Å². The van der Waals surface area contributed by atoms with Gasteiger partial charge in [0.1, 0.15) is 18.1 Å². The Morgan fingerprint density at radius 3 is 2.31 bits per heavy atom. The molecule has 3 aromatic carbocycles. The molecule has 32 heavy (non-hydrogen) atoms. The number of ether oxygens (including phenoxy) is 1. The number of nitrogens with zero attached hydrogens (tertiary/aromatic N) is 1. The maximum Gasteiger partial charge on any atom is 0.195 e. The minimum Gasteiger partial charge on any atom is -0.508 e. The molecule has 164 valence electrons. The standard InChI is InChI=1S/C27H27NO3S/c1-3-28(4-2)17-18-31-22-15-11-19(12-16-22)26(30)25-23-7-5-6-8-24(23)32-27(25)20-9-13-21(29)14-10-20/h5-16,29H,3-4,17-18H2,1-2H3. The molecule has 0 saturated heterocycles. The van der Waals surface area contributed by atoms with Crippen molar-refractivity contribution in [2.45, 2.75) is 13.8 Å². The summed E-state index contributed by atoms with van der Waals surface area (Å²) in [6, 6.07) is 22.4. The lowest BCUT2D eigenvalue weighted by Crippen LogP contribution is -2.27. The number of fused-ring (bicyclic) bond motifs is 1. The molecule has 0 bridgehead atoms. The quantitative estimate of drug-likeness (QED) is 0.311. The molecule has 5 heteroatoms. The molecule has 1 aromatic heterocycles. The van der Waals surface area contributed by atoms with Gasteiger partial charge in [0.05, 0.1) is 0 Å². The number of hydrogen-bond donors (Lipinski definition) is 1. The molecule has 4 nitrogen and oxygen atoms in total. The van der Waals surface area contributed by atoms with Gasteiger partial charge >= 0.3 is 0 Å². The van der Waals surface area contributed by atoms with Crippen LogP contribution in [0.25, 0.3) is 20.5 Å². The minimum absolute atomic E-state index is 0.0137. The fourth-order valence-corrected chi connectivity index (χ4v) is 4.97. The number of hydrogen-bond acceptors (Lipinski definition) is 5. The number of carbonyl (C=O) groups excluding carboxylic acids is 1. The first-order chi connectivity index (χ1) is 15.6. The van der Waals surface area contributed by atoms with E-state index in [-0.39, 0.29) is 11.5 Å². The summed E-state index contributed by atoms with van der Waals surface area (Å²) in [5, 5.41) is 10.6. The Labute approximate surface area is 192 Å². The highest BCUT2D eigenvalue weighted by molar-refractivity contribution is 7.22. The molecular formula is C27H27NO3S. The molecule has 0 radical (unpaired) electrons. The van der Waals surface area contributed by atoms with Gasteiger partial charge in [-0.05, 0) is 73.3 Å². The number of likely N-dealkylation sites (N-methyl/N-ethyl adjacent to an activating group) is 1. The Balaban J connectivity index is 1.61. The van der Waals surface area contributed by atoms with Gasteiger partial charge in [0.2, 0.25) is 0 Å². The minimum atomic E-state index is -0.0137. The van der Waals surface area contributed by atoms with Crippen molar-refractivity contribution in [2.75, 3.05) is 26.2 Å². The van der Waals surface area contributed by atoms with Crippen LogP contribution in [0.4, 0.5) is 0 Å². The summed E-state index contributed by atoms with van der Waals surface area (Å²) in [4.78, 5) is 16.8. The van der Waals surface area contributed by atoms with E-state index in [1.54, 1.807) is 23.5 Å².